The van der Waals surface area contributed by atoms with Gasteiger partial charge >= 0.3 is 0 Å². The van der Waals surface area contributed by atoms with Gasteiger partial charge in [-0.1, -0.05) is 28.8 Å². The van der Waals surface area contributed by atoms with Gasteiger partial charge in [0, 0.05) is 4.47 Å². The lowest BCUT2D eigenvalue weighted by atomic mass is 10.3. The van der Waals surface area contributed by atoms with Gasteiger partial charge in [0.15, 0.2) is 0 Å². The number of ether oxygens (including phenoxy) is 1. The van der Waals surface area contributed by atoms with Crippen LogP contribution in [0.5, 0.6) is 5.75 Å². The van der Waals surface area contributed by atoms with Crippen molar-refractivity contribution in [1.82, 2.24) is 0 Å². The van der Waals surface area contributed by atoms with E-state index in [1.54, 1.807) is 12.1 Å². The van der Waals surface area contributed by atoms with Gasteiger partial charge in [-0.3, -0.25) is 0 Å². The first kappa shape index (κ1) is 12.9. The average molecular weight is 320 g/mol. The van der Waals surface area contributed by atoms with Gasteiger partial charge in [0.25, 0.3) is 0 Å². The standard InChI is InChI=1S/C11H14BrNO3S/c12-9-3-4-10(11(7-9)17(13,14)15)16-6-5-8-1-2-8/h3-4,7-8H,1-2,5-6H2,(H2,13,14,15). The Morgan fingerprint density at radius 3 is 2.71 bits per heavy atom. The summed E-state index contributed by atoms with van der Waals surface area (Å²) < 4.78 is 28.9. The summed E-state index contributed by atoms with van der Waals surface area (Å²) in [6.45, 7) is 0.537. The third-order valence-electron chi connectivity index (χ3n) is 2.69. The topological polar surface area (TPSA) is 69.4 Å². The van der Waals surface area contributed by atoms with Crippen molar-refractivity contribution in [2.45, 2.75) is 24.2 Å². The maximum Gasteiger partial charge on any atom is 0.241 e. The molecular formula is C11H14BrNO3S. The Bertz CT molecular complexity index is 511. The van der Waals surface area contributed by atoms with Crippen molar-refractivity contribution >= 4 is 26.0 Å². The highest BCUT2D eigenvalue weighted by molar-refractivity contribution is 9.10. The first-order valence-corrected chi connectivity index (χ1v) is 7.76. The highest BCUT2D eigenvalue weighted by atomic mass is 79.9. The molecular weight excluding hydrogens is 306 g/mol. The fourth-order valence-corrected chi connectivity index (χ4v) is 2.78. The second-order valence-electron chi connectivity index (χ2n) is 4.22. The van der Waals surface area contributed by atoms with Crippen molar-refractivity contribution in [3.63, 3.8) is 0 Å². The molecule has 1 fully saturated rings. The van der Waals surface area contributed by atoms with Gasteiger partial charge in [0.1, 0.15) is 10.6 Å². The molecule has 1 aromatic rings. The van der Waals surface area contributed by atoms with E-state index in [9.17, 15) is 8.42 Å². The van der Waals surface area contributed by atoms with Crippen LogP contribution in [-0.2, 0) is 10.0 Å². The first-order valence-electron chi connectivity index (χ1n) is 5.42. The predicted octanol–water partition coefficient (Wildman–Crippen LogP) is 2.28. The van der Waals surface area contributed by atoms with E-state index in [2.05, 4.69) is 15.9 Å². The van der Waals surface area contributed by atoms with Crippen LogP contribution >= 0.6 is 15.9 Å². The molecule has 0 unspecified atom stereocenters. The fourth-order valence-electron chi connectivity index (χ4n) is 1.57. The second-order valence-corrected chi connectivity index (χ2v) is 6.66. The van der Waals surface area contributed by atoms with Crippen molar-refractivity contribution in [3.8, 4) is 5.75 Å². The van der Waals surface area contributed by atoms with E-state index >= 15 is 0 Å². The Balaban J connectivity index is 2.13. The molecule has 0 aliphatic heterocycles. The number of halogens is 1. The zero-order chi connectivity index (χ0) is 12.5. The van der Waals surface area contributed by atoms with Crippen molar-refractivity contribution in [1.29, 1.82) is 0 Å². The molecule has 0 bridgehead atoms. The summed E-state index contributed by atoms with van der Waals surface area (Å²) in [6.07, 6.45) is 3.48. The summed E-state index contributed by atoms with van der Waals surface area (Å²) in [5, 5.41) is 5.14. The Kier molecular flexibility index (Phi) is 3.75. The van der Waals surface area contributed by atoms with E-state index in [-0.39, 0.29) is 4.90 Å². The molecule has 0 spiro atoms. The van der Waals surface area contributed by atoms with E-state index < -0.39 is 10.0 Å². The van der Waals surface area contributed by atoms with E-state index in [0.717, 1.165) is 12.3 Å². The van der Waals surface area contributed by atoms with E-state index in [1.165, 1.54) is 18.9 Å². The minimum atomic E-state index is -3.75. The van der Waals surface area contributed by atoms with E-state index in [1.807, 2.05) is 0 Å². The summed E-state index contributed by atoms with van der Waals surface area (Å²) in [7, 11) is -3.75. The molecule has 0 aromatic heterocycles. The smallest absolute Gasteiger partial charge is 0.241 e. The number of rotatable bonds is 5. The largest absolute Gasteiger partial charge is 0.492 e. The molecule has 2 rings (SSSR count). The van der Waals surface area contributed by atoms with Crippen LogP contribution in [0.1, 0.15) is 19.3 Å². The molecule has 0 radical (unpaired) electrons. The minimum Gasteiger partial charge on any atom is -0.492 e. The normalized spacial score (nSPS) is 15.9. The van der Waals surface area contributed by atoms with Crippen LogP contribution < -0.4 is 9.88 Å². The molecule has 1 saturated carbocycles. The summed E-state index contributed by atoms with van der Waals surface area (Å²) in [6, 6.07) is 4.82. The maximum atomic E-state index is 11.4. The molecule has 1 aromatic carbocycles. The van der Waals surface area contributed by atoms with Gasteiger partial charge in [0.2, 0.25) is 10.0 Å². The Morgan fingerprint density at radius 2 is 2.12 bits per heavy atom. The van der Waals surface area contributed by atoms with Crippen molar-refractivity contribution in [2.75, 3.05) is 6.61 Å². The van der Waals surface area contributed by atoms with Gasteiger partial charge in [-0.15, -0.1) is 0 Å². The third-order valence-corrected chi connectivity index (χ3v) is 4.12. The number of hydrogen-bond donors (Lipinski definition) is 1. The number of primary sulfonamides is 1. The van der Waals surface area contributed by atoms with Crippen LogP contribution in [0, 0.1) is 5.92 Å². The lowest BCUT2D eigenvalue weighted by Gasteiger charge is -2.10. The maximum absolute atomic E-state index is 11.4. The van der Waals surface area contributed by atoms with Crippen LogP contribution in [0.2, 0.25) is 0 Å². The summed E-state index contributed by atoms with van der Waals surface area (Å²) in [5.41, 5.74) is 0. The monoisotopic (exact) mass is 319 g/mol. The SMILES string of the molecule is NS(=O)(=O)c1cc(Br)ccc1OCCC1CC1. The molecule has 0 atom stereocenters. The zero-order valence-electron chi connectivity index (χ0n) is 9.23. The molecule has 0 saturated heterocycles. The molecule has 1 aliphatic rings. The Hall–Kier alpha value is -0.590. The molecule has 94 valence electrons. The lowest BCUT2D eigenvalue weighted by molar-refractivity contribution is 0.295. The number of hydrogen-bond acceptors (Lipinski definition) is 3. The van der Waals surface area contributed by atoms with Crippen LogP contribution in [0.4, 0.5) is 0 Å². The highest BCUT2D eigenvalue weighted by Gasteiger charge is 2.21. The van der Waals surface area contributed by atoms with Crippen LogP contribution in [-0.4, -0.2) is 15.0 Å². The van der Waals surface area contributed by atoms with Crippen LogP contribution in [0.15, 0.2) is 27.6 Å². The van der Waals surface area contributed by atoms with Crippen LogP contribution in [0.3, 0.4) is 0 Å². The summed E-state index contributed by atoms with van der Waals surface area (Å²) >= 11 is 3.21. The first-order chi connectivity index (χ1) is 7.97. The van der Waals surface area contributed by atoms with Crippen LogP contribution in [0.25, 0.3) is 0 Å². The second kappa shape index (κ2) is 4.96. The van der Waals surface area contributed by atoms with E-state index in [0.29, 0.717) is 16.8 Å². The van der Waals surface area contributed by atoms with Gasteiger partial charge in [0.05, 0.1) is 6.61 Å². The zero-order valence-corrected chi connectivity index (χ0v) is 11.6. The number of nitrogens with two attached hydrogens (primary N) is 1. The molecule has 1 aliphatic carbocycles. The van der Waals surface area contributed by atoms with Gasteiger partial charge in [-0.05, 0) is 30.5 Å². The quantitative estimate of drug-likeness (QED) is 0.905. The third kappa shape index (κ3) is 3.69. The van der Waals surface area contributed by atoms with Crippen molar-refractivity contribution in [2.24, 2.45) is 11.1 Å². The van der Waals surface area contributed by atoms with Gasteiger partial charge in [-0.25, -0.2) is 13.6 Å². The summed E-state index contributed by atoms with van der Waals surface area (Å²) in [5.74, 6) is 1.08. The van der Waals surface area contributed by atoms with Crippen molar-refractivity contribution in [3.05, 3.63) is 22.7 Å². The average Bonchev–Trinajstić information content (AvgIpc) is 3.02. The number of sulfonamides is 1. The van der Waals surface area contributed by atoms with Crippen molar-refractivity contribution < 1.29 is 13.2 Å². The molecule has 2 N–H and O–H groups in total. The van der Waals surface area contributed by atoms with Gasteiger partial charge in [-0.2, -0.15) is 0 Å². The highest BCUT2D eigenvalue weighted by Crippen LogP contribution is 2.33. The summed E-state index contributed by atoms with van der Waals surface area (Å²) in [4.78, 5) is 0.0303. The fraction of sp³-hybridized carbons (Fsp3) is 0.455. The molecule has 6 heteroatoms. The number of benzene rings is 1. The van der Waals surface area contributed by atoms with Gasteiger partial charge < -0.3 is 4.74 Å². The van der Waals surface area contributed by atoms with E-state index in [4.69, 9.17) is 9.88 Å². The minimum absolute atomic E-state index is 0.0303. The lowest BCUT2D eigenvalue weighted by Crippen LogP contribution is -2.14. The predicted molar refractivity (Wildman–Crippen MR) is 68.4 cm³/mol. The molecule has 0 heterocycles. The Morgan fingerprint density at radius 1 is 1.41 bits per heavy atom. The molecule has 17 heavy (non-hydrogen) atoms. The molecule has 0 amide bonds. The molecule has 4 nitrogen and oxygen atoms in total. The Labute approximate surface area is 109 Å².